The van der Waals surface area contributed by atoms with Crippen molar-refractivity contribution >= 4 is 34.8 Å². The van der Waals surface area contributed by atoms with E-state index in [1.165, 1.54) is 24.3 Å². The van der Waals surface area contributed by atoms with Crippen LogP contribution in [0.25, 0.3) is 16.9 Å². The number of carbonyl (C=O) groups excluding carboxylic acids is 1. The molecular weight excluding hydrogens is 416 g/mol. The van der Waals surface area contributed by atoms with E-state index in [0.29, 0.717) is 16.6 Å². The van der Waals surface area contributed by atoms with Crippen LogP contribution in [0.2, 0.25) is 10.0 Å². The Labute approximate surface area is 168 Å². The molecule has 5 nitrogen and oxygen atoms in total. The maximum Gasteiger partial charge on any atom is 0.433 e. The minimum atomic E-state index is -4.70. The van der Waals surface area contributed by atoms with Crippen LogP contribution in [-0.2, 0) is 6.18 Å². The Morgan fingerprint density at radius 3 is 2.50 bits per heavy atom. The summed E-state index contributed by atoms with van der Waals surface area (Å²) < 4.78 is 41.4. The Kier molecular flexibility index (Phi) is 5.54. The summed E-state index contributed by atoms with van der Waals surface area (Å²) in [7, 11) is 0. The smallest absolute Gasteiger partial charge is 0.350 e. The van der Waals surface area contributed by atoms with Crippen molar-refractivity contribution in [3.8, 4) is 11.3 Å². The number of rotatable bonds is 4. The van der Waals surface area contributed by atoms with Gasteiger partial charge in [0.15, 0.2) is 17.0 Å². The van der Waals surface area contributed by atoms with Gasteiger partial charge in [0.1, 0.15) is 0 Å². The number of hydrogen-bond donors (Lipinski definition) is 1. The lowest BCUT2D eigenvalue weighted by molar-refractivity contribution is -0.142. The first kappa shape index (κ1) is 20.4. The van der Waals surface area contributed by atoms with Gasteiger partial charge < -0.3 is 5.32 Å². The molecule has 3 rings (SSSR count). The van der Waals surface area contributed by atoms with Crippen LogP contribution < -0.4 is 5.32 Å². The number of fused-ring (bicyclic) bond motifs is 1. The van der Waals surface area contributed by atoms with Gasteiger partial charge in [-0.2, -0.15) is 18.3 Å². The number of nitrogens with zero attached hydrogens (tertiary/aromatic N) is 3. The zero-order valence-corrected chi connectivity index (χ0v) is 16.3. The van der Waals surface area contributed by atoms with Crippen molar-refractivity contribution in [2.24, 2.45) is 5.92 Å². The predicted octanol–water partition coefficient (Wildman–Crippen LogP) is 5.11. The molecule has 0 aliphatic carbocycles. The summed E-state index contributed by atoms with van der Waals surface area (Å²) in [6.07, 6.45) is -4.70. The number of benzene rings is 1. The van der Waals surface area contributed by atoms with E-state index in [9.17, 15) is 18.0 Å². The van der Waals surface area contributed by atoms with E-state index < -0.39 is 17.8 Å². The zero-order valence-electron chi connectivity index (χ0n) is 14.8. The molecule has 0 spiro atoms. The third kappa shape index (κ3) is 4.23. The SMILES string of the molecule is CC(C)CNC(=O)c1cc2nc(-c3ccc(Cl)c(Cl)c3)cc(C(F)(F)F)n2n1. The zero-order chi connectivity index (χ0) is 20.6. The van der Waals surface area contributed by atoms with Gasteiger partial charge in [-0.1, -0.05) is 43.1 Å². The lowest BCUT2D eigenvalue weighted by Crippen LogP contribution is -2.27. The topological polar surface area (TPSA) is 59.3 Å². The van der Waals surface area contributed by atoms with E-state index in [4.69, 9.17) is 23.2 Å². The van der Waals surface area contributed by atoms with Gasteiger partial charge >= 0.3 is 6.18 Å². The van der Waals surface area contributed by atoms with E-state index in [0.717, 1.165) is 6.07 Å². The molecule has 0 bridgehead atoms. The third-order valence-electron chi connectivity index (χ3n) is 3.84. The number of nitrogens with one attached hydrogen (secondary N) is 1. The van der Waals surface area contributed by atoms with Gasteiger partial charge in [-0.05, 0) is 24.1 Å². The molecule has 0 saturated heterocycles. The van der Waals surface area contributed by atoms with Crippen LogP contribution in [0, 0.1) is 5.92 Å². The number of amides is 1. The fourth-order valence-corrected chi connectivity index (χ4v) is 2.78. The van der Waals surface area contributed by atoms with Crippen molar-refractivity contribution in [2.45, 2.75) is 20.0 Å². The summed E-state index contributed by atoms with van der Waals surface area (Å²) in [6.45, 7) is 4.17. The molecule has 0 aliphatic heterocycles. The monoisotopic (exact) mass is 430 g/mol. The van der Waals surface area contributed by atoms with Crippen LogP contribution in [0.1, 0.15) is 30.0 Å². The molecule has 3 aromatic rings. The Balaban J connectivity index is 2.13. The van der Waals surface area contributed by atoms with Crippen LogP contribution in [0.3, 0.4) is 0 Å². The van der Waals surface area contributed by atoms with Gasteiger partial charge in [-0.25, -0.2) is 9.50 Å². The lowest BCUT2D eigenvalue weighted by atomic mass is 10.1. The highest BCUT2D eigenvalue weighted by atomic mass is 35.5. The van der Waals surface area contributed by atoms with Crippen molar-refractivity contribution in [3.05, 3.63) is 51.8 Å². The summed E-state index contributed by atoms with van der Waals surface area (Å²) >= 11 is 11.8. The lowest BCUT2D eigenvalue weighted by Gasteiger charge is -2.11. The van der Waals surface area contributed by atoms with Crippen molar-refractivity contribution in [1.29, 1.82) is 0 Å². The summed E-state index contributed by atoms with van der Waals surface area (Å²) in [4.78, 5) is 16.4. The largest absolute Gasteiger partial charge is 0.433 e. The predicted molar refractivity (Wildman–Crippen MR) is 101 cm³/mol. The second-order valence-electron chi connectivity index (χ2n) is 6.56. The molecule has 1 N–H and O–H groups in total. The second-order valence-corrected chi connectivity index (χ2v) is 7.37. The van der Waals surface area contributed by atoms with Crippen molar-refractivity contribution in [2.75, 3.05) is 6.54 Å². The molecular formula is C18H15Cl2F3N4O. The van der Waals surface area contributed by atoms with Gasteiger partial charge in [0, 0.05) is 18.2 Å². The van der Waals surface area contributed by atoms with E-state index >= 15 is 0 Å². The number of alkyl halides is 3. The van der Waals surface area contributed by atoms with Crippen LogP contribution in [0.4, 0.5) is 13.2 Å². The third-order valence-corrected chi connectivity index (χ3v) is 4.58. The Bertz CT molecular complexity index is 1050. The average molecular weight is 431 g/mol. The molecule has 0 aliphatic rings. The number of hydrogen-bond acceptors (Lipinski definition) is 3. The van der Waals surface area contributed by atoms with Gasteiger partial charge in [-0.3, -0.25) is 4.79 Å². The van der Waals surface area contributed by atoms with Gasteiger partial charge in [0.05, 0.1) is 15.7 Å². The Hall–Kier alpha value is -2.32. The normalized spacial score (nSPS) is 12.0. The van der Waals surface area contributed by atoms with E-state index in [1.807, 2.05) is 13.8 Å². The van der Waals surface area contributed by atoms with Crippen molar-refractivity contribution < 1.29 is 18.0 Å². The highest BCUT2D eigenvalue weighted by Crippen LogP contribution is 2.34. The second kappa shape index (κ2) is 7.60. The molecule has 2 heterocycles. The van der Waals surface area contributed by atoms with E-state index in [2.05, 4.69) is 15.4 Å². The summed E-state index contributed by atoms with van der Waals surface area (Å²) in [5.41, 5.74) is -0.918. The van der Waals surface area contributed by atoms with E-state index in [1.54, 1.807) is 0 Å². The number of aromatic nitrogens is 3. The van der Waals surface area contributed by atoms with Crippen LogP contribution in [0.5, 0.6) is 0 Å². The van der Waals surface area contributed by atoms with Crippen molar-refractivity contribution in [1.82, 2.24) is 19.9 Å². The highest BCUT2D eigenvalue weighted by molar-refractivity contribution is 6.42. The number of halogens is 5. The maximum absolute atomic E-state index is 13.6. The Morgan fingerprint density at radius 2 is 1.89 bits per heavy atom. The first-order chi connectivity index (χ1) is 13.1. The minimum absolute atomic E-state index is 0.0347. The fourth-order valence-electron chi connectivity index (χ4n) is 2.48. The van der Waals surface area contributed by atoms with Crippen LogP contribution in [0.15, 0.2) is 30.3 Å². The van der Waals surface area contributed by atoms with Crippen LogP contribution in [-0.4, -0.2) is 27.0 Å². The summed E-state index contributed by atoms with van der Waals surface area (Å²) in [5.74, 6) is -0.380. The fraction of sp³-hybridized carbons (Fsp3) is 0.278. The minimum Gasteiger partial charge on any atom is -0.350 e. The van der Waals surface area contributed by atoms with Gasteiger partial charge in [-0.15, -0.1) is 0 Å². The van der Waals surface area contributed by atoms with Crippen molar-refractivity contribution in [3.63, 3.8) is 0 Å². The molecule has 148 valence electrons. The molecule has 28 heavy (non-hydrogen) atoms. The molecule has 1 aromatic carbocycles. The number of carbonyl (C=O) groups is 1. The molecule has 1 amide bonds. The highest BCUT2D eigenvalue weighted by Gasteiger charge is 2.35. The Morgan fingerprint density at radius 1 is 1.18 bits per heavy atom. The molecule has 2 aromatic heterocycles. The van der Waals surface area contributed by atoms with E-state index in [-0.39, 0.29) is 33.0 Å². The summed E-state index contributed by atoms with van der Waals surface area (Å²) in [6, 6.07) is 6.48. The first-order valence-corrected chi connectivity index (χ1v) is 9.03. The van der Waals surface area contributed by atoms with Gasteiger partial charge in [0.25, 0.3) is 5.91 Å². The molecule has 10 heteroatoms. The first-order valence-electron chi connectivity index (χ1n) is 8.28. The standard InChI is InChI=1S/C18H15Cl2F3N4O/c1-9(2)8-24-17(28)14-7-16-25-13(10-3-4-11(19)12(20)5-10)6-15(18(21,22)23)27(16)26-14/h3-7,9H,8H2,1-2H3,(H,24,28). The average Bonchev–Trinajstić information content (AvgIpc) is 3.04. The maximum atomic E-state index is 13.6. The summed E-state index contributed by atoms with van der Waals surface area (Å²) in [5, 5.41) is 6.89. The molecule has 0 unspecified atom stereocenters. The van der Waals surface area contributed by atoms with Crippen LogP contribution >= 0.6 is 23.2 Å². The van der Waals surface area contributed by atoms with Gasteiger partial charge in [0.2, 0.25) is 0 Å². The molecule has 0 saturated carbocycles. The quantitative estimate of drug-likeness (QED) is 0.625. The molecule has 0 fully saturated rings. The molecule has 0 atom stereocenters. The molecule has 0 radical (unpaired) electrons.